The first-order valence-corrected chi connectivity index (χ1v) is 4.97. The van der Waals surface area contributed by atoms with Gasteiger partial charge in [-0.15, -0.1) is 0 Å². The number of nitrogens with one attached hydrogen (secondary N) is 1. The molecule has 15 heavy (non-hydrogen) atoms. The zero-order valence-electron chi connectivity index (χ0n) is 8.79. The minimum Gasteiger partial charge on any atom is -0.351 e. The monoisotopic (exact) mass is 202 g/mol. The van der Waals surface area contributed by atoms with Gasteiger partial charge in [-0.05, 0) is 17.5 Å². The van der Waals surface area contributed by atoms with Crippen molar-refractivity contribution in [2.45, 2.75) is 26.3 Å². The van der Waals surface area contributed by atoms with Crippen molar-refractivity contribution in [3.05, 3.63) is 35.4 Å². The largest absolute Gasteiger partial charge is 0.351 e. The highest BCUT2D eigenvalue weighted by molar-refractivity contribution is 5.77. The zero-order chi connectivity index (χ0) is 11.1. The fourth-order valence-electron chi connectivity index (χ4n) is 1.23. The van der Waals surface area contributed by atoms with Crippen molar-refractivity contribution in [2.24, 2.45) is 0 Å². The number of amides is 1. The van der Waals surface area contributed by atoms with Gasteiger partial charge in [0.1, 0.15) is 6.42 Å². The molecule has 0 spiro atoms. The normalized spacial score (nSPS) is 9.33. The van der Waals surface area contributed by atoms with Crippen LogP contribution in [0.2, 0.25) is 0 Å². The number of nitrogens with zero attached hydrogens (tertiary/aromatic N) is 1. The number of rotatable bonds is 4. The predicted octanol–water partition coefficient (Wildman–Crippen LogP) is 1.78. The van der Waals surface area contributed by atoms with Gasteiger partial charge < -0.3 is 5.32 Å². The molecular formula is C12H14N2O. The molecule has 0 fully saturated rings. The molecule has 0 bridgehead atoms. The van der Waals surface area contributed by atoms with E-state index in [-0.39, 0.29) is 12.3 Å². The Balaban J connectivity index is 2.45. The number of nitriles is 1. The maximum absolute atomic E-state index is 11.0. The Morgan fingerprint density at radius 1 is 1.33 bits per heavy atom. The lowest BCUT2D eigenvalue weighted by Crippen LogP contribution is -2.21. The predicted molar refractivity (Wildman–Crippen MR) is 57.9 cm³/mol. The fraction of sp³-hybridized carbons (Fsp3) is 0.333. The van der Waals surface area contributed by atoms with Gasteiger partial charge in [-0.1, -0.05) is 31.2 Å². The molecule has 78 valence electrons. The second-order valence-corrected chi connectivity index (χ2v) is 3.28. The van der Waals surface area contributed by atoms with Crippen LogP contribution < -0.4 is 5.32 Å². The highest BCUT2D eigenvalue weighted by Crippen LogP contribution is 2.04. The fourth-order valence-corrected chi connectivity index (χ4v) is 1.23. The second-order valence-electron chi connectivity index (χ2n) is 3.28. The second kappa shape index (κ2) is 5.82. The average Bonchev–Trinajstić information content (AvgIpc) is 2.27. The number of carbonyl (C=O) groups excluding carboxylic acids is 1. The van der Waals surface area contributed by atoms with Crippen molar-refractivity contribution in [3.8, 4) is 6.07 Å². The Hall–Kier alpha value is -1.82. The lowest BCUT2D eigenvalue weighted by Gasteiger charge is -2.03. The number of carbonyl (C=O) groups is 1. The minimum absolute atomic E-state index is 0.0763. The van der Waals surface area contributed by atoms with Crippen molar-refractivity contribution in [2.75, 3.05) is 0 Å². The minimum atomic E-state index is -0.225. The number of benzene rings is 1. The third-order valence-corrected chi connectivity index (χ3v) is 2.16. The third-order valence-electron chi connectivity index (χ3n) is 2.16. The summed E-state index contributed by atoms with van der Waals surface area (Å²) in [7, 11) is 0. The summed E-state index contributed by atoms with van der Waals surface area (Å²) in [6, 6.07) is 9.89. The van der Waals surface area contributed by atoms with Gasteiger partial charge in [0.25, 0.3) is 0 Å². The van der Waals surface area contributed by atoms with Crippen LogP contribution in [0.5, 0.6) is 0 Å². The lowest BCUT2D eigenvalue weighted by atomic mass is 10.1. The topological polar surface area (TPSA) is 52.9 Å². The van der Waals surface area contributed by atoms with E-state index in [2.05, 4.69) is 12.2 Å². The zero-order valence-corrected chi connectivity index (χ0v) is 8.79. The van der Waals surface area contributed by atoms with Crippen molar-refractivity contribution >= 4 is 5.91 Å². The number of hydrogen-bond acceptors (Lipinski definition) is 2. The first-order chi connectivity index (χ1) is 7.26. The SMILES string of the molecule is CCc1ccc(CNC(=O)CC#N)cc1. The Morgan fingerprint density at radius 3 is 2.47 bits per heavy atom. The summed E-state index contributed by atoms with van der Waals surface area (Å²) in [4.78, 5) is 11.0. The van der Waals surface area contributed by atoms with Crippen LogP contribution in [0.3, 0.4) is 0 Å². The molecule has 1 aromatic rings. The van der Waals surface area contributed by atoms with Crippen LogP contribution in [-0.2, 0) is 17.8 Å². The van der Waals surface area contributed by atoms with Gasteiger partial charge in [-0.25, -0.2) is 0 Å². The summed E-state index contributed by atoms with van der Waals surface area (Å²) in [5, 5.41) is 11.0. The summed E-state index contributed by atoms with van der Waals surface area (Å²) in [6.07, 6.45) is 0.939. The third kappa shape index (κ3) is 3.82. The van der Waals surface area contributed by atoms with Crippen molar-refractivity contribution < 1.29 is 4.79 Å². The molecule has 1 N–H and O–H groups in total. The van der Waals surface area contributed by atoms with Crippen molar-refractivity contribution in [3.63, 3.8) is 0 Å². The van der Waals surface area contributed by atoms with E-state index in [9.17, 15) is 4.79 Å². The van der Waals surface area contributed by atoms with Gasteiger partial charge >= 0.3 is 0 Å². The molecule has 3 nitrogen and oxygen atoms in total. The molecule has 0 saturated heterocycles. The highest BCUT2D eigenvalue weighted by atomic mass is 16.1. The summed E-state index contributed by atoms with van der Waals surface area (Å²) in [6.45, 7) is 2.59. The van der Waals surface area contributed by atoms with Crippen LogP contribution in [0.1, 0.15) is 24.5 Å². The molecule has 0 aliphatic carbocycles. The molecule has 0 atom stereocenters. The molecule has 1 rings (SSSR count). The average molecular weight is 202 g/mol. The van der Waals surface area contributed by atoms with Crippen LogP contribution in [0.4, 0.5) is 0 Å². The Morgan fingerprint density at radius 2 is 1.93 bits per heavy atom. The van der Waals surface area contributed by atoms with Gasteiger partial charge in [0.05, 0.1) is 6.07 Å². The summed E-state index contributed by atoms with van der Waals surface area (Å²) in [5.74, 6) is -0.225. The van der Waals surface area contributed by atoms with Gasteiger partial charge in [0.2, 0.25) is 5.91 Å². The molecule has 3 heteroatoms. The molecule has 0 aliphatic heterocycles. The first-order valence-electron chi connectivity index (χ1n) is 4.97. The van der Waals surface area contributed by atoms with E-state index in [4.69, 9.17) is 5.26 Å². The Bertz CT molecular complexity index is 362. The summed E-state index contributed by atoms with van der Waals surface area (Å²) < 4.78 is 0. The van der Waals surface area contributed by atoms with Crippen LogP contribution in [0, 0.1) is 11.3 Å². The van der Waals surface area contributed by atoms with E-state index < -0.39 is 0 Å². The molecule has 0 aliphatic rings. The quantitative estimate of drug-likeness (QED) is 0.809. The molecule has 0 aromatic heterocycles. The molecule has 1 aromatic carbocycles. The molecule has 0 unspecified atom stereocenters. The Kier molecular flexibility index (Phi) is 4.36. The van der Waals surface area contributed by atoms with Crippen LogP contribution >= 0.6 is 0 Å². The smallest absolute Gasteiger partial charge is 0.234 e. The molecule has 0 heterocycles. The Labute approximate surface area is 89.7 Å². The van der Waals surface area contributed by atoms with Gasteiger partial charge in [0, 0.05) is 6.54 Å². The molecule has 1 amide bonds. The van der Waals surface area contributed by atoms with Crippen molar-refractivity contribution in [1.29, 1.82) is 5.26 Å². The van der Waals surface area contributed by atoms with Crippen LogP contribution in [0.25, 0.3) is 0 Å². The number of hydrogen-bond donors (Lipinski definition) is 1. The van der Waals surface area contributed by atoms with E-state index in [0.29, 0.717) is 6.54 Å². The first kappa shape index (κ1) is 11.3. The molecular weight excluding hydrogens is 188 g/mol. The molecule has 0 radical (unpaired) electrons. The maximum atomic E-state index is 11.0. The van der Waals surface area contributed by atoms with Gasteiger partial charge in [-0.3, -0.25) is 4.79 Å². The van der Waals surface area contributed by atoms with E-state index in [1.54, 1.807) is 0 Å². The lowest BCUT2D eigenvalue weighted by molar-refractivity contribution is -0.120. The van der Waals surface area contributed by atoms with Crippen molar-refractivity contribution in [1.82, 2.24) is 5.32 Å². The highest BCUT2D eigenvalue weighted by Gasteiger charge is 1.99. The van der Waals surface area contributed by atoms with E-state index in [1.165, 1.54) is 5.56 Å². The number of aryl methyl sites for hydroxylation is 1. The summed E-state index contributed by atoms with van der Waals surface area (Å²) >= 11 is 0. The maximum Gasteiger partial charge on any atom is 0.234 e. The molecule has 0 saturated carbocycles. The van der Waals surface area contributed by atoms with E-state index in [0.717, 1.165) is 12.0 Å². The van der Waals surface area contributed by atoms with E-state index >= 15 is 0 Å². The van der Waals surface area contributed by atoms with E-state index in [1.807, 2.05) is 30.3 Å². The standard InChI is InChI=1S/C12H14N2O/c1-2-10-3-5-11(6-4-10)9-14-12(15)7-8-13/h3-6H,2,7,9H2,1H3,(H,14,15). The summed E-state index contributed by atoms with van der Waals surface area (Å²) in [5.41, 5.74) is 2.33. The van der Waals surface area contributed by atoms with Crippen LogP contribution in [0.15, 0.2) is 24.3 Å². The van der Waals surface area contributed by atoms with Crippen LogP contribution in [-0.4, -0.2) is 5.91 Å². The van der Waals surface area contributed by atoms with Gasteiger partial charge in [-0.2, -0.15) is 5.26 Å². The van der Waals surface area contributed by atoms with Gasteiger partial charge in [0.15, 0.2) is 0 Å².